The first kappa shape index (κ1) is 31.9. The third-order valence-electron chi connectivity index (χ3n) is 5.67. The van der Waals surface area contributed by atoms with Crippen LogP contribution in [0.25, 0.3) is 0 Å². The Morgan fingerprint density at radius 3 is 2.60 bits per heavy atom. The third kappa shape index (κ3) is 11.2. The average Bonchev–Trinajstić information content (AvgIpc) is 3.48. The summed E-state index contributed by atoms with van der Waals surface area (Å²) in [6.07, 6.45) is 9.77. The van der Waals surface area contributed by atoms with Crippen LogP contribution in [0.3, 0.4) is 0 Å². The van der Waals surface area contributed by atoms with Crippen LogP contribution in [0.15, 0.2) is 49.8 Å². The molecule has 0 spiro atoms. The van der Waals surface area contributed by atoms with Gasteiger partial charge in [0.05, 0.1) is 30.2 Å². The van der Waals surface area contributed by atoms with Crippen molar-refractivity contribution >= 4 is 29.3 Å². The molecule has 2 aromatic rings. The molecule has 218 valence electrons. The van der Waals surface area contributed by atoms with Crippen molar-refractivity contribution in [3.05, 3.63) is 61.3 Å². The molecular formula is C29H43FN8O2. The van der Waals surface area contributed by atoms with Crippen LogP contribution in [-0.4, -0.2) is 90.4 Å². The molecular weight excluding hydrogens is 511 g/mol. The van der Waals surface area contributed by atoms with E-state index in [1.807, 2.05) is 19.0 Å². The molecule has 1 fully saturated rings. The molecule has 0 bridgehead atoms. The number of hydrogen-bond acceptors (Lipinski definition) is 8. The second kappa shape index (κ2) is 17.3. The van der Waals surface area contributed by atoms with Crippen molar-refractivity contribution < 1.29 is 16.8 Å². The van der Waals surface area contributed by atoms with Gasteiger partial charge in [-0.15, -0.1) is 13.2 Å². The molecule has 2 N–H and O–H groups in total. The Bertz CT molecular complexity index is 1200. The first-order valence-corrected chi connectivity index (χ1v) is 13.1. The monoisotopic (exact) mass is 554 g/mol. The maximum absolute atomic E-state index is 13.1. The van der Waals surface area contributed by atoms with E-state index in [1.165, 1.54) is 23.2 Å². The van der Waals surface area contributed by atoms with Crippen LogP contribution in [0.4, 0.5) is 21.8 Å². The zero-order chi connectivity index (χ0) is 29.3. The zero-order valence-corrected chi connectivity index (χ0v) is 23.6. The van der Waals surface area contributed by atoms with Crippen LogP contribution in [0, 0.1) is 17.8 Å². The van der Waals surface area contributed by atoms with E-state index in [-0.39, 0.29) is 21.2 Å². The second-order valence-electron chi connectivity index (χ2n) is 9.23. The maximum Gasteiger partial charge on any atom is 0.246 e. The standard InChI is InChI=1S/C27H35FN8O2.C2H4.2H2/c1-34(2)15-9-11-25(38)35(3)20-24(37)29-14-6-4-5-10-21-18-31-27(32-22-12-13-23(28)30-19-22)33-26(21)36-16-7-8-17-36;1-2;;/h9,11-13,18-19H,4,6-8,14-17,20H2,1-3H3,(H,29,37)(H,31,32,33);1-2H2;2*1H/b11-9+;;;. The lowest BCUT2D eigenvalue weighted by Crippen LogP contribution is -2.38. The van der Waals surface area contributed by atoms with Crippen LogP contribution in [-0.2, 0) is 9.59 Å². The number of carbonyl (C=O) groups excluding carboxylic acids is 2. The number of nitrogens with zero attached hydrogens (tertiary/aromatic N) is 6. The molecule has 0 aromatic carbocycles. The topological polar surface area (TPSA) is 107 Å². The lowest BCUT2D eigenvalue weighted by atomic mass is 10.2. The molecule has 1 aliphatic rings. The molecule has 40 heavy (non-hydrogen) atoms. The van der Waals surface area contributed by atoms with E-state index in [2.05, 4.69) is 55.5 Å². The maximum atomic E-state index is 13.1. The number of carbonyl (C=O) groups is 2. The summed E-state index contributed by atoms with van der Waals surface area (Å²) in [7, 11) is 5.44. The first-order valence-electron chi connectivity index (χ1n) is 13.1. The van der Waals surface area contributed by atoms with Crippen LogP contribution < -0.4 is 15.5 Å². The molecule has 0 aliphatic carbocycles. The molecule has 3 rings (SSSR count). The van der Waals surface area contributed by atoms with Gasteiger partial charge in [0.25, 0.3) is 0 Å². The number of rotatable bonds is 11. The largest absolute Gasteiger partial charge is 0.355 e. The normalized spacial score (nSPS) is 12.4. The summed E-state index contributed by atoms with van der Waals surface area (Å²) in [5.74, 6) is 6.51. The van der Waals surface area contributed by atoms with Crippen molar-refractivity contribution in [1.82, 2.24) is 30.1 Å². The fourth-order valence-corrected chi connectivity index (χ4v) is 3.67. The number of likely N-dealkylation sites (N-methyl/N-ethyl adjacent to an activating group) is 2. The van der Waals surface area contributed by atoms with Crippen molar-refractivity contribution in [3.63, 3.8) is 0 Å². The minimum Gasteiger partial charge on any atom is -0.355 e. The number of anilines is 3. The lowest BCUT2D eigenvalue weighted by molar-refractivity contribution is -0.131. The van der Waals surface area contributed by atoms with Crippen molar-refractivity contribution in [2.24, 2.45) is 0 Å². The lowest BCUT2D eigenvalue weighted by Gasteiger charge is -2.18. The van der Waals surface area contributed by atoms with Crippen molar-refractivity contribution in [2.75, 3.05) is 64.1 Å². The van der Waals surface area contributed by atoms with Gasteiger partial charge in [-0.1, -0.05) is 17.9 Å². The van der Waals surface area contributed by atoms with Crippen LogP contribution in [0.2, 0.25) is 0 Å². The Kier molecular flexibility index (Phi) is 13.8. The third-order valence-corrected chi connectivity index (χ3v) is 5.67. The Morgan fingerprint density at radius 1 is 1.18 bits per heavy atom. The van der Waals surface area contributed by atoms with Gasteiger partial charge in [0.15, 0.2) is 0 Å². The highest BCUT2D eigenvalue weighted by molar-refractivity contribution is 5.91. The molecule has 10 nitrogen and oxygen atoms in total. The smallest absolute Gasteiger partial charge is 0.246 e. The number of pyridine rings is 1. The summed E-state index contributed by atoms with van der Waals surface area (Å²) in [5.41, 5.74) is 1.33. The molecule has 1 saturated heterocycles. The number of aromatic nitrogens is 3. The van der Waals surface area contributed by atoms with E-state index < -0.39 is 5.95 Å². The minimum absolute atomic E-state index is 0. The number of amides is 2. The van der Waals surface area contributed by atoms with Crippen molar-refractivity contribution in [3.8, 4) is 11.8 Å². The Morgan fingerprint density at radius 2 is 1.93 bits per heavy atom. The van der Waals surface area contributed by atoms with Gasteiger partial charge in [-0.3, -0.25) is 9.59 Å². The molecule has 11 heteroatoms. The summed E-state index contributed by atoms with van der Waals surface area (Å²) in [6, 6.07) is 2.85. The summed E-state index contributed by atoms with van der Waals surface area (Å²) in [5, 5.41) is 5.88. The van der Waals surface area contributed by atoms with E-state index in [9.17, 15) is 14.0 Å². The van der Waals surface area contributed by atoms with Gasteiger partial charge >= 0.3 is 0 Å². The molecule has 0 unspecified atom stereocenters. The van der Waals surface area contributed by atoms with E-state index in [0.717, 1.165) is 37.3 Å². The summed E-state index contributed by atoms with van der Waals surface area (Å²) in [4.78, 5) is 42.4. The van der Waals surface area contributed by atoms with Gasteiger partial charge in [-0.25, -0.2) is 9.97 Å². The number of hydrogen-bond donors (Lipinski definition) is 2. The van der Waals surface area contributed by atoms with Gasteiger partial charge in [-0.2, -0.15) is 9.37 Å². The Balaban J connectivity index is 0.00000411. The first-order chi connectivity index (χ1) is 19.3. The fraction of sp³-hybridized carbons (Fsp3) is 0.414. The molecule has 1 aliphatic heterocycles. The molecule has 3 heterocycles. The second-order valence-corrected chi connectivity index (χ2v) is 9.23. The van der Waals surface area contributed by atoms with Crippen LogP contribution in [0.1, 0.15) is 34.1 Å². The van der Waals surface area contributed by atoms with E-state index in [1.54, 1.807) is 25.4 Å². The predicted octanol–water partition coefficient (Wildman–Crippen LogP) is 3.47. The van der Waals surface area contributed by atoms with Crippen molar-refractivity contribution in [2.45, 2.75) is 25.7 Å². The Hall–Kier alpha value is -4.30. The number of halogens is 1. The summed E-state index contributed by atoms with van der Waals surface area (Å²) >= 11 is 0. The molecule has 0 atom stereocenters. The summed E-state index contributed by atoms with van der Waals surface area (Å²) in [6.45, 7) is 8.93. The van der Waals surface area contributed by atoms with Gasteiger partial charge in [0.2, 0.25) is 23.7 Å². The van der Waals surface area contributed by atoms with E-state index in [4.69, 9.17) is 0 Å². The van der Waals surface area contributed by atoms with Crippen molar-refractivity contribution in [1.29, 1.82) is 0 Å². The molecule has 2 aromatic heterocycles. The zero-order valence-electron chi connectivity index (χ0n) is 23.6. The number of nitrogens with one attached hydrogen (secondary N) is 2. The van der Waals surface area contributed by atoms with Gasteiger partial charge < -0.3 is 25.3 Å². The highest BCUT2D eigenvalue weighted by Crippen LogP contribution is 2.24. The SMILES string of the molecule is C=C.CN(C)C/C=C/C(=O)N(C)CC(=O)NCCCC#Cc1cnc(Nc2ccc(F)nc2)nc1N1CCCC1.[HH].[HH]. The van der Waals surface area contributed by atoms with E-state index in [0.29, 0.717) is 37.6 Å². The molecule has 0 radical (unpaired) electrons. The highest BCUT2D eigenvalue weighted by atomic mass is 19.1. The molecule has 2 amide bonds. The van der Waals surface area contributed by atoms with E-state index >= 15 is 0 Å². The summed E-state index contributed by atoms with van der Waals surface area (Å²) < 4.78 is 13.1. The highest BCUT2D eigenvalue weighted by Gasteiger charge is 2.18. The minimum atomic E-state index is -0.551. The molecule has 0 saturated carbocycles. The quantitative estimate of drug-likeness (QED) is 0.143. The van der Waals surface area contributed by atoms with Gasteiger partial charge in [0, 0.05) is 48.6 Å². The van der Waals surface area contributed by atoms with Gasteiger partial charge in [0.1, 0.15) is 5.82 Å². The van der Waals surface area contributed by atoms with Crippen LogP contribution >= 0.6 is 0 Å². The van der Waals surface area contributed by atoms with Gasteiger partial charge in [-0.05, 0) is 45.5 Å². The number of unbranched alkanes of at least 4 members (excludes halogenated alkanes) is 1. The van der Waals surface area contributed by atoms with Crippen LogP contribution in [0.5, 0.6) is 0 Å². The fourth-order valence-electron chi connectivity index (χ4n) is 3.67. The average molecular weight is 555 g/mol. The Labute approximate surface area is 239 Å². The predicted molar refractivity (Wildman–Crippen MR) is 161 cm³/mol.